The SMILES string of the molecule is CCn1c(CCl)nnc1-c1cc([N+](=O)[O-])ccc1C. The average Bonchev–Trinajstić information content (AvgIpc) is 2.81. The number of rotatable bonds is 4. The van der Waals surface area contributed by atoms with Crippen molar-refractivity contribution in [3.05, 3.63) is 39.7 Å². The molecule has 0 atom stereocenters. The fourth-order valence-corrected chi connectivity index (χ4v) is 2.13. The number of hydrogen-bond donors (Lipinski definition) is 0. The highest BCUT2D eigenvalue weighted by Gasteiger charge is 2.17. The van der Waals surface area contributed by atoms with E-state index in [0.717, 1.165) is 5.56 Å². The molecule has 6 nitrogen and oxygen atoms in total. The number of non-ortho nitro benzene ring substituents is 1. The summed E-state index contributed by atoms with van der Waals surface area (Å²) in [7, 11) is 0. The summed E-state index contributed by atoms with van der Waals surface area (Å²) in [5.74, 6) is 1.53. The summed E-state index contributed by atoms with van der Waals surface area (Å²) in [6, 6.07) is 4.71. The van der Waals surface area contributed by atoms with Crippen LogP contribution in [0.1, 0.15) is 18.3 Å². The first-order valence-electron chi connectivity index (χ1n) is 5.82. The number of hydrogen-bond acceptors (Lipinski definition) is 4. The Morgan fingerprint density at radius 1 is 1.42 bits per heavy atom. The maximum atomic E-state index is 10.9. The van der Waals surface area contributed by atoms with Gasteiger partial charge in [-0.1, -0.05) is 6.07 Å². The number of nitro benzene ring substituents is 1. The van der Waals surface area contributed by atoms with Crippen LogP contribution in [0.25, 0.3) is 11.4 Å². The van der Waals surface area contributed by atoms with Crippen LogP contribution in [-0.4, -0.2) is 19.7 Å². The van der Waals surface area contributed by atoms with Gasteiger partial charge in [0.05, 0.1) is 10.8 Å². The topological polar surface area (TPSA) is 73.8 Å². The third kappa shape index (κ3) is 2.44. The Morgan fingerprint density at radius 2 is 2.16 bits per heavy atom. The monoisotopic (exact) mass is 280 g/mol. The summed E-state index contributed by atoms with van der Waals surface area (Å²) in [4.78, 5) is 10.4. The molecule has 1 heterocycles. The van der Waals surface area contributed by atoms with Crippen LogP contribution in [0, 0.1) is 17.0 Å². The summed E-state index contributed by atoms with van der Waals surface area (Å²) in [5, 5.41) is 19.0. The molecule has 0 unspecified atom stereocenters. The molecule has 0 aliphatic carbocycles. The van der Waals surface area contributed by atoms with Crippen LogP contribution in [0.5, 0.6) is 0 Å². The third-order valence-corrected chi connectivity index (χ3v) is 3.18. The van der Waals surface area contributed by atoms with Crippen LogP contribution >= 0.6 is 11.6 Å². The lowest BCUT2D eigenvalue weighted by atomic mass is 10.1. The molecule has 0 aliphatic heterocycles. The summed E-state index contributed by atoms with van der Waals surface area (Å²) in [5.41, 5.74) is 1.66. The lowest BCUT2D eigenvalue weighted by Gasteiger charge is -2.08. The predicted octanol–water partition coefficient (Wildman–Crippen LogP) is 2.92. The molecule has 0 radical (unpaired) electrons. The zero-order valence-corrected chi connectivity index (χ0v) is 11.4. The van der Waals surface area contributed by atoms with Gasteiger partial charge in [0.2, 0.25) is 0 Å². The fourth-order valence-electron chi connectivity index (χ4n) is 1.93. The van der Waals surface area contributed by atoms with Crippen molar-refractivity contribution in [2.45, 2.75) is 26.3 Å². The number of benzene rings is 1. The van der Waals surface area contributed by atoms with Crippen molar-refractivity contribution in [1.82, 2.24) is 14.8 Å². The van der Waals surface area contributed by atoms with Gasteiger partial charge in [-0.3, -0.25) is 10.1 Å². The van der Waals surface area contributed by atoms with Crippen LogP contribution in [0.3, 0.4) is 0 Å². The number of aromatic nitrogens is 3. The first-order valence-corrected chi connectivity index (χ1v) is 6.35. The van der Waals surface area contributed by atoms with Crippen molar-refractivity contribution >= 4 is 17.3 Å². The quantitative estimate of drug-likeness (QED) is 0.490. The minimum atomic E-state index is -0.419. The van der Waals surface area contributed by atoms with E-state index < -0.39 is 4.92 Å². The molecular formula is C12H13ClN4O2. The predicted molar refractivity (Wildman–Crippen MR) is 72.1 cm³/mol. The second-order valence-corrected chi connectivity index (χ2v) is 4.34. The molecule has 0 aliphatic rings. The van der Waals surface area contributed by atoms with E-state index >= 15 is 0 Å². The van der Waals surface area contributed by atoms with Crippen molar-refractivity contribution in [1.29, 1.82) is 0 Å². The van der Waals surface area contributed by atoms with Crippen molar-refractivity contribution in [3.8, 4) is 11.4 Å². The Balaban J connectivity index is 2.61. The van der Waals surface area contributed by atoms with Crippen molar-refractivity contribution < 1.29 is 4.92 Å². The van der Waals surface area contributed by atoms with Gasteiger partial charge in [-0.25, -0.2) is 0 Å². The van der Waals surface area contributed by atoms with Crippen molar-refractivity contribution in [2.75, 3.05) is 0 Å². The van der Waals surface area contributed by atoms with E-state index in [2.05, 4.69) is 10.2 Å². The fraction of sp³-hybridized carbons (Fsp3) is 0.333. The minimum absolute atomic E-state index is 0.0404. The van der Waals surface area contributed by atoms with Gasteiger partial charge in [0.1, 0.15) is 5.82 Å². The van der Waals surface area contributed by atoms with Crippen molar-refractivity contribution in [3.63, 3.8) is 0 Å². The standard InChI is InChI=1S/C12H13ClN4O2/c1-3-16-11(7-13)14-15-12(16)10-6-9(17(18)19)5-4-8(10)2/h4-6H,3,7H2,1-2H3. The number of nitro groups is 1. The molecule has 0 N–H and O–H groups in total. The lowest BCUT2D eigenvalue weighted by molar-refractivity contribution is -0.384. The second-order valence-electron chi connectivity index (χ2n) is 4.07. The van der Waals surface area contributed by atoms with Crippen LogP contribution in [0.4, 0.5) is 5.69 Å². The number of halogens is 1. The maximum absolute atomic E-state index is 10.9. The highest BCUT2D eigenvalue weighted by Crippen LogP contribution is 2.27. The van der Waals surface area contributed by atoms with E-state index in [-0.39, 0.29) is 11.6 Å². The first-order chi connectivity index (χ1) is 9.08. The second kappa shape index (κ2) is 5.36. The molecule has 0 saturated carbocycles. The van der Waals surface area contributed by atoms with Gasteiger partial charge < -0.3 is 4.57 Å². The van der Waals surface area contributed by atoms with Gasteiger partial charge in [-0.2, -0.15) is 0 Å². The lowest BCUT2D eigenvalue weighted by Crippen LogP contribution is -2.03. The first kappa shape index (κ1) is 13.5. The Hall–Kier alpha value is -1.95. The molecule has 0 saturated heterocycles. The normalized spacial score (nSPS) is 10.7. The summed E-state index contributed by atoms with van der Waals surface area (Å²) in [6.07, 6.45) is 0. The highest BCUT2D eigenvalue weighted by molar-refractivity contribution is 6.16. The molecule has 0 spiro atoms. The smallest absolute Gasteiger partial charge is 0.270 e. The molecule has 2 rings (SSSR count). The zero-order chi connectivity index (χ0) is 14.0. The molecule has 2 aromatic rings. The van der Waals surface area contributed by atoms with E-state index in [0.29, 0.717) is 23.8 Å². The van der Waals surface area contributed by atoms with Gasteiger partial charge in [0.15, 0.2) is 5.82 Å². The number of alkyl halides is 1. The molecule has 1 aromatic carbocycles. The molecule has 0 bridgehead atoms. The zero-order valence-electron chi connectivity index (χ0n) is 10.6. The molecule has 100 valence electrons. The van der Waals surface area contributed by atoms with Gasteiger partial charge in [-0.15, -0.1) is 21.8 Å². The molecule has 0 fully saturated rings. The molecular weight excluding hydrogens is 268 g/mol. The average molecular weight is 281 g/mol. The van der Waals surface area contributed by atoms with E-state index in [4.69, 9.17) is 11.6 Å². The van der Waals surface area contributed by atoms with Crippen LogP contribution < -0.4 is 0 Å². The largest absolute Gasteiger partial charge is 0.310 e. The van der Waals surface area contributed by atoms with Crippen LogP contribution in [-0.2, 0) is 12.4 Å². The molecule has 7 heteroatoms. The Labute approximate surface area is 115 Å². The summed E-state index contributed by atoms with van der Waals surface area (Å²) >= 11 is 5.80. The van der Waals surface area contributed by atoms with Crippen LogP contribution in [0.2, 0.25) is 0 Å². The highest BCUT2D eigenvalue weighted by atomic mass is 35.5. The van der Waals surface area contributed by atoms with Gasteiger partial charge in [0, 0.05) is 24.2 Å². The van der Waals surface area contributed by atoms with Gasteiger partial charge >= 0.3 is 0 Å². The maximum Gasteiger partial charge on any atom is 0.270 e. The minimum Gasteiger partial charge on any atom is -0.310 e. The Morgan fingerprint density at radius 3 is 2.74 bits per heavy atom. The third-order valence-electron chi connectivity index (χ3n) is 2.94. The van der Waals surface area contributed by atoms with E-state index in [1.807, 2.05) is 18.4 Å². The molecule has 0 amide bonds. The van der Waals surface area contributed by atoms with Gasteiger partial charge in [0.25, 0.3) is 5.69 Å². The summed E-state index contributed by atoms with van der Waals surface area (Å²) in [6.45, 7) is 4.50. The van der Waals surface area contributed by atoms with Crippen molar-refractivity contribution in [2.24, 2.45) is 0 Å². The van der Waals surface area contributed by atoms with E-state index in [1.54, 1.807) is 6.07 Å². The van der Waals surface area contributed by atoms with Gasteiger partial charge in [-0.05, 0) is 19.4 Å². The molecule has 19 heavy (non-hydrogen) atoms. The molecule has 1 aromatic heterocycles. The van der Waals surface area contributed by atoms with E-state index in [1.165, 1.54) is 12.1 Å². The Bertz CT molecular complexity index is 624. The number of aryl methyl sites for hydroxylation is 1. The number of nitrogens with zero attached hydrogens (tertiary/aromatic N) is 4. The summed E-state index contributed by atoms with van der Waals surface area (Å²) < 4.78 is 1.86. The van der Waals surface area contributed by atoms with Crippen LogP contribution in [0.15, 0.2) is 18.2 Å². The van der Waals surface area contributed by atoms with E-state index in [9.17, 15) is 10.1 Å². The Kier molecular flexibility index (Phi) is 3.80.